The highest BCUT2D eigenvalue weighted by Crippen LogP contribution is 2.25. The zero-order valence-corrected chi connectivity index (χ0v) is 12.1. The number of rotatable bonds is 2. The van der Waals surface area contributed by atoms with Crippen LogP contribution in [-0.4, -0.2) is 45.4 Å². The molecule has 3 heterocycles. The molecule has 7 heteroatoms. The van der Waals surface area contributed by atoms with Crippen LogP contribution < -0.4 is 4.90 Å². The van der Waals surface area contributed by atoms with Gasteiger partial charge >= 0.3 is 0 Å². The Bertz CT molecular complexity index is 839. The van der Waals surface area contributed by atoms with Crippen molar-refractivity contribution in [1.82, 2.24) is 15.0 Å². The highest BCUT2D eigenvalue weighted by atomic mass is 19.1. The standard InChI is InChI=1S/C16H14F2N4O/c17-11-2-1-9-3-13(21-14(9)4-11)10-5-19-16(20-6-10)22-7-12(18)15(23)8-22/h1-6,12,15,21,23H,7-8H2. The molecular weight excluding hydrogens is 302 g/mol. The summed E-state index contributed by atoms with van der Waals surface area (Å²) in [6.45, 7) is 0.276. The summed E-state index contributed by atoms with van der Waals surface area (Å²) in [4.78, 5) is 13.2. The molecule has 1 aromatic carbocycles. The molecule has 1 saturated heterocycles. The summed E-state index contributed by atoms with van der Waals surface area (Å²) < 4.78 is 26.6. The summed E-state index contributed by atoms with van der Waals surface area (Å²) >= 11 is 0. The summed E-state index contributed by atoms with van der Waals surface area (Å²) in [7, 11) is 0. The number of aliphatic hydroxyl groups is 1. The lowest BCUT2D eigenvalue weighted by Gasteiger charge is -2.14. The Labute approximate surface area is 130 Å². The van der Waals surface area contributed by atoms with Crippen molar-refractivity contribution < 1.29 is 13.9 Å². The lowest BCUT2D eigenvalue weighted by molar-refractivity contribution is 0.118. The normalized spacial score (nSPS) is 21.3. The molecule has 5 nitrogen and oxygen atoms in total. The molecule has 3 aromatic rings. The van der Waals surface area contributed by atoms with Gasteiger partial charge in [0, 0.05) is 41.1 Å². The molecule has 0 spiro atoms. The van der Waals surface area contributed by atoms with Crippen molar-refractivity contribution in [3.8, 4) is 11.3 Å². The van der Waals surface area contributed by atoms with E-state index in [1.54, 1.807) is 23.4 Å². The number of H-pyrrole nitrogens is 1. The number of alkyl halides is 1. The number of aliphatic hydroxyl groups excluding tert-OH is 1. The monoisotopic (exact) mass is 316 g/mol. The fraction of sp³-hybridized carbons (Fsp3) is 0.250. The van der Waals surface area contributed by atoms with Crippen molar-refractivity contribution >= 4 is 16.9 Å². The van der Waals surface area contributed by atoms with E-state index in [1.807, 2.05) is 6.07 Å². The third-order valence-corrected chi connectivity index (χ3v) is 4.04. The molecule has 1 fully saturated rings. The quantitative estimate of drug-likeness (QED) is 0.761. The number of halogens is 2. The number of aromatic nitrogens is 3. The Morgan fingerprint density at radius 3 is 2.65 bits per heavy atom. The zero-order chi connectivity index (χ0) is 16.0. The Hall–Kier alpha value is -2.54. The smallest absolute Gasteiger partial charge is 0.225 e. The molecule has 0 aliphatic carbocycles. The Morgan fingerprint density at radius 1 is 1.17 bits per heavy atom. The van der Waals surface area contributed by atoms with Crippen molar-refractivity contribution in [2.45, 2.75) is 12.3 Å². The zero-order valence-electron chi connectivity index (χ0n) is 12.1. The molecule has 0 amide bonds. The molecular formula is C16H14F2N4O. The number of benzene rings is 1. The van der Waals surface area contributed by atoms with Gasteiger partial charge in [0.05, 0.1) is 6.54 Å². The van der Waals surface area contributed by atoms with Crippen LogP contribution in [0.4, 0.5) is 14.7 Å². The molecule has 1 aliphatic heterocycles. The fourth-order valence-electron chi connectivity index (χ4n) is 2.79. The Morgan fingerprint density at radius 2 is 1.96 bits per heavy atom. The number of anilines is 1. The second kappa shape index (κ2) is 5.27. The molecule has 0 radical (unpaired) electrons. The van der Waals surface area contributed by atoms with E-state index in [1.165, 1.54) is 12.1 Å². The second-order valence-electron chi connectivity index (χ2n) is 5.67. The van der Waals surface area contributed by atoms with Crippen LogP contribution in [0.2, 0.25) is 0 Å². The average molecular weight is 316 g/mol. The van der Waals surface area contributed by atoms with Gasteiger partial charge in [0.25, 0.3) is 0 Å². The van der Waals surface area contributed by atoms with E-state index in [0.717, 1.165) is 16.6 Å². The lowest BCUT2D eigenvalue weighted by Crippen LogP contribution is -2.23. The third-order valence-electron chi connectivity index (χ3n) is 4.04. The summed E-state index contributed by atoms with van der Waals surface area (Å²) in [6.07, 6.45) is 0.978. The minimum atomic E-state index is -1.28. The first-order valence-electron chi connectivity index (χ1n) is 7.28. The highest BCUT2D eigenvalue weighted by Gasteiger charge is 2.32. The summed E-state index contributed by atoms with van der Waals surface area (Å²) in [5, 5.41) is 10.4. The molecule has 0 bridgehead atoms. The van der Waals surface area contributed by atoms with Crippen LogP contribution in [0.25, 0.3) is 22.2 Å². The number of β-amino-alcohol motifs (C(OH)–C–C–N with tert-alkyl or cyclic N) is 1. The third kappa shape index (κ3) is 2.53. The predicted molar refractivity (Wildman–Crippen MR) is 82.4 cm³/mol. The van der Waals surface area contributed by atoms with Crippen LogP contribution in [0.1, 0.15) is 0 Å². The van der Waals surface area contributed by atoms with Crippen molar-refractivity contribution in [3.63, 3.8) is 0 Å². The van der Waals surface area contributed by atoms with Gasteiger partial charge < -0.3 is 15.0 Å². The topological polar surface area (TPSA) is 65.0 Å². The Kier molecular flexibility index (Phi) is 3.23. The van der Waals surface area contributed by atoms with Gasteiger partial charge in [-0.3, -0.25) is 0 Å². The van der Waals surface area contributed by atoms with Crippen LogP contribution in [0.3, 0.4) is 0 Å². The van der Waals surface area contributed by atoms with Crippen LogP contribution in [0.15, 0.2) is 36.7 Å². The predicted octanol–water partition coefficient (Wildman–Crippen LogP) is 2.28. The molecule has 1 aliphatic rings. The maximum Gasteiger partial charge on any atom is 0.225 e. The minimum absolute atomic E-state index is 0.0895. The van der Waals surface area contributed by atoms with Gasteiger partial charge in [-0.1, -0.05) is 0 Å². The maximum atomic E-state index is 13.4. The van der Waals surface area contributed by atoms with Gasteiger partial charge in [-0.15, -0.1) is 0 Å². The Balaban J connectivity index is 1.62. The van der Waals surface area contributed by atoms with Gasteiger partial charge in [0.1, 0.15) is 18.1 Å². The van der Waals surface area contributed by atoms with E-state index in [9.17, 15) is 13.9 Å². The first kappa shape index (κ1) is 14.1. The second-order valence-corrected chi connectivity index (χ2v) is 5.67. The maximum absolute atomic E-state index is 13.4. The molecule has 2 unspecified atom stereocenters. The van der Waals surface area contributed by atoms with Crippen LogP contribution in [0.5, 0.6) is 0 Å². The lowest BCUT2D eigenvalue weighted by atomic mass is 10.2. The molecule has 2 atom stereocenters. The average Bonchev–Trinajstić information content (AvgIpc) is 3.11. The molecule has 2 aromatic heterocycles. The van der Waals surface area contributed by atoms with Crippen molar-refractivity contribution in [3.05, 3.63) is 42.5 Å². The SMILES string of the molecule is OC1CN(c2ncc(-c3cc4ccc(F)cc4[nH]3)cn2)CC1F. The van der Waals surface area contributed by atoms with Gasteiger partial charge in [-0.2, -0.15) is 0 Å². The van der Waals surface area contributed by atoms with Gasteiger partial charge in [0.15, 0.2) is 0 Å². The fourth-order valence-corrected chi connectivity index (χ4v) is 2.79. The molecule has 0 saturated carbocycles. The van der Waals surface area contributed by atoms with Crippen molar-refractivity contribution in [2.75, 3.05) is 18.0 Å². The number of hydrogen-bond acceptors (Lipinski definition) is 4. The number of hydrogen-bond donors (Lipinski definition) is 2. The van der Waals surface area contributed by atoms with E-state index in [-0.39, 0.29) is 18.9 Å². The summed E-state index contributed by atoms with van der Waals surface area (Å²) in [5.74, 6) is 0.0842. The molecule has 2 N–H and O–H groups in total. The highest BCUT2D eigenvalue weighted by molar-refractivity contribution is 5.85. The van der Waals surface area contributed by atoms with Crippen LogP contribution in [-0.2, 0) is 0 Å². The summed E-state index contributed by atoms with van der Waals surface area (Å²) in [6, 6.07) is 6.43. The van der Waals surface area contributed by atoms with E-state index < -0.39 is 12.3 Å². The number of nitrogens with one attached hydrogen (secondary N) is 1. The molecule has 23 heavy (non-hydrogen) atoms. The van der Waals surface area contributed by atoms with Gasteiger partial charge in [-0.25, -0.2) is 18.7 Å². The van der Waals surface area contributed by atoms with Crippen molar-refractivity contribution in [2.24, 2.45) is 0 Å². The summed E-state index contributed by atoms with van der Waals surface area (Å²) in [5.41, 5.74) is 2.23. The number of nitrogens with zero attached hydrogens (tertiary/aromatic N) is 3. The minimum Gasteiger partial charge on any atom is -0.388 e. The number of fused-ring (bicyclic) bond motifs is 1. The first-order chi connectivity index (χ1) is 11.1. The first-order valence-corrected chi connectivity index (χ1v) is 7.28. The number of aromatic amines is 1. The van der Waals surface area contributed by atoms with Crippen molar-refractivity contribution in [1.29, 1.82) is 0 Å². The van der Waals surface area contributed by atoms with E-state index >= 15 is 0 Å². The van der Waals surface area contributed by atoms with Gasteiger partial charge in [-0.05, 0) is 24.3 Å². The van der Waals surface area contributed by atoms with E-state index in [4.69, 9.17) is 0 Å². The van der Waals surface area contributed by atoms with E-state index in [0.29, 0.717) is 11.5 Å². The van der Waals surface area contributed by atoms with Gasteiger partial charge in [0.2, 0.25) is 5.95 Å². The van der Waals surface area contributed by atoms with E-state index in [2.05, 4.69) is 15.0 Å². The molecule has 4 rings (SSSR count). The molecule has 118 valence electrons. The van der Waals surface area contributed by atoms with Crippen LogP contribution >= 0.6 is 0 Å². The largest absolute Gasteiger partial charge is 0.388 e. The van der Waals surface area contributed by atoms with Crippen LogP contribution in [0, 0.1) is 5.82 Å².